The maximum atomic E-state index is 12.3. The highest BCUT2D eigenvalue weighted by Gasteiger charge is 2.40. The molecule has 0 saturated heterocycles. The lowest BCUT2D eigenvalue weighted by atomic mass is 9.87. The average Bonchev–Trinajstić information content (AvgIpc) is 3.45. The third-order valence-corrected chi connectivity index (χ3v) is 7.51. The molecule has 11 heteroatoms. The van der Waals surface area contributed by atoms with E-state index in [4.69, 9.17) is 15.2 Å². The lowest BCUT2D eigenvalue weighted by Crippen LogP contribution is -2.35. The first-order chi connectivity index (χ1) is 17.9. The number of carbonyl (C=O) groups is 1. The molecule has 1 aliphatic carbocycles. The van der Waals surface area contributed by atoms with Gasteiger partial charge in [-0.1, -0.05) is 13.0 Å². The van der Waals surface area contributed by atoms with Crippen molar-refractivity contribution in [2.24, 2.45) is 5.41 Å². The van der Waals surface area contributed by atoms with Gasteiger partial charge in [-0.15, -0.1) is 0 Å². The number of hydrogen-bond donors (Lipinski definition) is 3. The lowest BCUT2D eigenvalue weighted by molar-refractivity contribution is -0.129. The zero-order valence-corrected chi connectivity index (χ0v) is 22.3. The molecule has 0 unspecified atom stereocenters. The van der Waals surface area contributed by atoms with E-state index < -0.39 is 0 Å². The largest absolute Gasteiger partial charge is 0.359 e. The molecule has 1 amide bonds. The Morgan fingerprint density at radius 2 is 2.16 bits per heavy atom. The Bertz CT molecular complexity index is 1510. The number of benzene rings is 1. The van der Waals surface area contributed by atoms with Crippen LogP contribution in [-0.4, -0.2) is 50.3 Å². The predicted octanol–water partition coefficient (Wildman–Crippen LogP) is 3.85. The molecule has 3 aromatic heterocycles. The number of anilines is 1. The fourth-order valence-electron chi connectivity index (χ4n) is 4.92. The van der Waals surface area contributed by atoms with E-state index >= 15 is 0 Å². The Hall–Kier alpha value is -3.62. The standard InChI is InChI=1S/C26H28BrN9O/c1-26(24(37)29-2)9-8-17(13-26)33-25-31-15-20-22(27)35-36(23(20)34-25)19-6-7-21-16(12-19)4-5-18(32-21)14-30-11-3-10-28/h4-7,12,15,17,30H,3,8-9,11,13-14H2,1-2H3,(H,29,37)(H,31,33,34)/t17-,26-/m1/s1. The molecule has 1 aromatic carbocycles. The molecular formula is C26H28BrN9O. The second-order valence-electron chi connectivity index (χ2n) is 9.62. The van der Waals surface area contributed by atoms with Crippen molar-refractivity contribution in [3.63, 3.8) is 0 Å². The Labute approximate surface area is 223 Å². The van der Waals surface area contributed by atoms with Crippen LogP contribution in [0.1, 0.15) is 38.3 Å². The zero-order chi connectivity index (χ0) is 26.0. The molecule has 1 aliphatic rings. The minimum Gasteiger partial charge on any atom is -0.359 e. The van der Waals surface area contributed by atoms with Crippen molar-refractivity contribution < 1.29 is 4.79 Å². The predicted molar refractivity (Wildman–Crippen MR) is 145 cm³/mol. The summed E-state index contributed by atoms with van der Waals surface area (Å²) in [6.07, 6.45) is 4.66. The fraction of sp³-hybridized carbons (Fsp3) is 0.385. The molecule has 1 saturated carbocycles. The molecule has 3 N–H and O–H groups in total. The van der Waals surface area contributed by atoms with E-state index in [-0.39, 0.29) is 17.4 Å². The van der Waals surface area contributed by atoms with E-state index in [1.54, 1.807) is 17.9 Å². The molecule has 4 aromatic rings. The van der Waals surface area contributed by atoms with Gasteiger partial charge in [0.25, 0.3) is 0 Å². The van der Waals surface area contributed by atoms with Crippen molar-refractivity contribution in [2.45, 2.75) is 45.2 Å². The highest BCUT2D eigenvalue weighted by molar-refractivity contribution is 9.10. The van der Waals surface area contributed by atoms with Gasteiger partial charge in [0, 0.05) is 49.6 Å². The van der Waals surface area contributed by atoms with Gasteiger partial charge < -0.3 is 16.0 Å². The van der Waals surface area contributed by atoms with Crippen molar-refractivity contribution in [2.75, 3.05) is 18.9 Å². The number of hydrogen-bond acceptors (Lipinski definition) is 8. The van der Waals surface area contributed by atoms with Crippen LogP contribution in [0.15, 0.2) is 41.1 Å². The van der Waals surface area contributed by atoms with Crippen LogP contribution in [0.3, 0.4) is 0 Å². The van der Waals surface area contributed by atoms with Gasteiger partial charge in [0.05, 0.1) is 28.4 Å². The quantitative estimate of drug-likeness (QED) is 0.276. The third-order valence-electron chi connectivity index (χ3n) is 6.92. The van der Waals surface area contributed by atoms with E-state index in [1.165, 1.54) is 0 Å². The summed E-state index contributed by atoms with van der Waals surface area (Å²) in [7, 11) is 1.68. The molecule has 5 rings (SSSR count). The Morgan fingerprint density at radius 3 is 2.97 bits per heavy atom. The molecule has 0 bridgehead atoms. The second-order valence-corrected chi connectivity index (χ2v) is 10.4. The number of nitriles is 1. The number of pyridine rings is 1. The number of nitrogens with one attached hydrogen (secondary N) is 3. The number of rotatable bonds is 8. The summed E-state index contributed by atoms with van der Waals surface area (Å²) in [5, 5.41) is 24.6. The first-order valence-electron chi connectivity index (χ1n) is 12.3. The minimum atomic E-state index is -0.382. The summed E-state index contributed by atoms with van der Waals surface area (Å²) in [6, 6.07) is 12.3. The van der Waals surface area contributed by atoms with Crippen LogP contribution < -0.4 is 16.0 Å². The van der Waals surface area contributed by atoms with Crippen LogP contribution in [0.2, 0.25) is 0 Å². The summed E-state index contributed by atoms with van der Waals surface area (Å²) in [4.78, 5) is 26.3. The van der Waals surface area contributed by atoms with Gasteiger partial charge in [-0.25, -0.2) is 9.67 Å². The van der Waals surface area contributed by atoms with Crippen molar-refractivity contribution in [1.29, 1.82) is 5.26 Å². The third kappa shape index (κ3) is 5.12. The SMILES string of the molecule is CNC(=O)[C@]1(C)CC[C@@H](Nc2ncc3c(Br)nn(-c4ccc5nc(CNCCC#N)ccc5c4)c3n2)C1. The summed E-state index contributed by atoms with van der Waals surface area (Å²) < 4.78 is 2.46. The van der Waals surface area contributed by atoms with E-state index in [2.05, 4.69) is 48.0 Å². The average molecular weight is 562 g/mol. The van der Waals surface area contributed by atoms with Crippen molar-refractivity contribution in [3.8, 4) is 11.8 Å². The topological polar surface area (TPSA) is 133 Å². The van der Waals surface area contributed by atoms with Gasteiger partial charge in [-0.3, -0.25) is 9.78 Å². The van der Waals surface area contributed by atoms with Crippen LogP contribution in [0.25, 0.3) is 27.6 Å². The van der Waals surface area contributed by atoms with Crippen LogP contribution in [0.4, 0.5) is 5.95 Å². The molecule has 2 atom stereocenters. The molecule has 0 radical (unpaired) electrons. The molecule has 0 aliphatic heterocycles. The number of carbonyl (C=O) groups excluding carboxylic acids is 1. The first-order valence-corrected chi connectivity index (χ1v) is 13.1. The summed E-state index contributed by atoms with van der Waals surface area (Å²) in [5.74, 6) is 0.589. The Kier molecular flexibility index (Phi) is 7.04. The van der Waals surface area contributed by atoms with Gasteiger partial charge in [0.2, 0.25) is 11.9 Å². The highest BCUT2D eigenvalue weighted by Crippen LogP contribution is 2.39. The maximum absolute atomic E-state index is 12.3. The van der Waals surface area contributed by atoms with E-state index in [0.717, 1.165) is 46.9 Å². The molecule has 190 valence electrons. The van der Waals surface area contributed by atoms with Crippen molar-refractivity contribution in [3.05, 3.63) is 46.8 Å². The molecule has 10 nitrogen and oxygen atoms in total. The van der Waals surface area contributed by atoms with Gasteiger partial charge in [-0.2, -0.15) is 15.3 Å². The van der Waals surface area contributed by atoms with Crippen LogP contribution in [0.5, 0.6) is 0 Å². The van der Waals surface area contributed by atoms with Gasteiger partial charge >= 0.3 is 0 Å². The number of halogens is 1. The fourth-order valence-corrected chi connectivity index (χ4v) is 5.36. The van der Waals surface area contributed by atoms with E-state index in [9.17, 15) is 4.79 Å². The lowest BCUT2D eigenvalue weighted by Gasteiger charge is -2.22. The van der Waals surface area contributed by atoms with Crippen molar-refractivity contribution >= 4 is 49.7 Å². The molecule has 1 fully saturated rings. The van der Waals surface area contributed by atoms with Crippen LogP contribution in [-0.2, 0) is 11.3 Å². The van der Waals surface area contributed by atoms with E-state index in [1.807, 2.05) is 37.3 Å². The van der Waals surface area contributed by atoms with Crippen molar-refractivity contribution in [1.82, 2.24) is 35.4 Å². The highest BCUT2D eigenvalue weighted by atomic mass is 79.9. The van der Waals surface area contributed by atoms with Gasteiger partial charge in [0.1, 0.15) is 4.60 Å². The minimum absolute atomic E-state index is 0.0725. The van der Waals surface area contributed by atoms with Crippen LogP contribution >= 0.6 is 15.9 Å². The van der Waals surface area contributed by atoms with Crippen LogP contribution in [0, 0.1) is 16.7 Å². The Morgan fingerprint density at radius 1 is 1.30 bits per heavy atom. The number of aromatic nitrogens is 5. The monoisotopic (exact) mass is 561 g/mol. The van der Waals surface area contributed by atoms with Gasteiger partial charge in [-0.05, 0) is 59.5 Å². The molecular weight excluding hydrogens is 534 g/mol. The zero-order valence-electron chi connectivity index (χ0n) is 20.8. The molecule has 3 heterocycles. The number of fused-ring (bicyclic) bond motifs is 2. The molecule has 0 spiro atoms. The molecule has 37 heavy (non-hydrogen) atoms. The summed E-state index contributed by atoms with van der Waals surface area (Å²) in [5.41, 5.74) is 2.97. The van der Waals surface area contributed by atoms with E-state index in [0.29, 0.717) is 35.7 Å². The second kappa shape index (κ2) is 10.4. The maximum Gasteiger partial charge on any atom is 0.225 e. The smallest absolute Gasteiger partial charge is 0.225 e. The summed E-state index contributed by atoms with van der Waals surface area (Å²) >= 11 is 3.54. The Balaban J connectivity index is 1.39. The first kappa shape index (κ1) is 25.0. The number of amides is 1. The van der Waals surface area contributed by atoms with Gasteiger partial charge in [0.15, 0.2) is 5.65 Å². The normalized spacial score (nSPS) is 19.2. The number of nitrogens with zero attached hydrogens (tertiary/aromatic N) is 6. The summed E-state index contributed by atoms with van der Waals surface area (Å²) in [6.45, 7) is 3.27.